The molecular weight excluding hydrogens is 414 g/mol. The van der Waals surface area contributed by atoms with Gasteiger partial charge in [-0.1, -0.05) is 53.4 Å². The van der Waals surface area contributed by atoms with Crippen molar-refractivity contribution in [2.45, 2.75) is 23.3 Å². The van der Waals surface area contributed by atoms with Gasteiger partial charge in [0.1, 0.15) is 0 Å². The number of carbonyl (C=O) groups excluding carboxylic acids is 1. The molecule has 0 unspecified atom stereocenters. The van der Waals surface area contributed by atoms with Crippen LogP contribution in [-0.4, -0.2) is 46.1 Å². The molecule has 4 rings (SSSR count). The standard InChI is InChI=1S/C18H19N5O2S3/c24-15(21-17-20-14(10-26-17)12-5-2-1-3-6-12)11-27-18-23-22-16(28-18)19-9-13-7-4-8-25-13/h1-3,5-6,10,13H,4,7-9,11H2,(H,19,22)(H,20,21,24)/t13-/m0/s1. The van der Waals surface area contributed by atoms with Crippen LogP contribution in [0.4, 0.5) is 10.3 Å². The second-order valence-corrected chi connectivity index (χ2v) is 9.19. The van der Waals surface area contributed by atoms with Crippen molar-refractivity contribution in [2.75, 3.05) is 29.5 Å². The third-order valence-electron chi connectivity index (χ3n) is 4.06. The van der Waals surface area contributed by atoms with Crippen molar-refractivity contribution in [1.29, 1.82) is 0 Å². The number of aromatic nitrogens is 3. The van der Waals surface area contributed by atoms with E-state index >= 15 is 0 Å². The molecule has 1 atom stereocenters. The van der Waals surface area contributed by atoms with Crippen LogP contribution in [0.2, 0.25) is 0 Å². The Bertz CT molecular complexity index is 909. The lowest BCUT2D eigenvalue weighted by molar-refractivity contribution is -0.113. The van der Waals surface area contributed by atoms with Crippen LogP contribution >= 0.6 is 34.4 Å². The Labute approximate surface area is 175 Å². The number of ether oxygens (including phenoxy) is 1. The second-order valence-electron chi connectivity index (χ2n) is 6.13. The molecule has 1 aliphatic heterocycles. The molecule has 2 aromatic heterocycles. The summed E-state index contributed by atoms with van der Waals surface area (Å²) in [6.07, 6.45) is 2.45. The molecule has 28 heavy (non-hydrogen) atoms. The first-order valence-electron chi connectivity index (χ1n) is 8.89. The number of hydrogen-bond donors (Lipinski definition) is 2. The van der Waals surface area contributed by atoms with Gasteiger partial charge in [-0.15, -0.1) is 21.5 Å². The molecule has 1 saturated heterocycles. The predicted octanol–water partition coefficient (Wildman–Crippen LogP) is 3.98. The minimum atomic E-state index is -0.108. The quantitative estimate of drug-likeness (QED) is 0.519. The van der Waals surface area contributed by atoms with Gasteiger partial charge in [0, 0.05) is 24.1 Å². The van der Waals surface area contributed by atoms with Crippen molar-refractivity contribution >= 4 is 50.6 Å². The summed E-state index contributed by atoms with van der Waals surface area (Å²) in [7, 11) is 0. The monoisotopic (exact) mass is 433 g/mol. The van der Waals surface area contributed by atoms with E-state index in [1.807, 2.05) is 35.7 Å². The summed E-state index contributed by atoms with van der Waals surface area (Å²) in [5, 5.41) is 17.6. The number of thioether (sulfide) groups is 1. The van der Waals surface area contributed by atoms with Gasteiger partial charge in [-0.25, -0.2) is 4.98 Å². The number of hydrogen-bond acceptors (Lipinski definition) is 9. The van der Waals surface area contributed by atoms with Gasteiger partial charge >= 0.3 is 0 Å². The summed E-state index contributed by atoms with van der Waals surface area (Å²) in [6, 6.07) is 9.89. The molecule has 1 fully saturated rings. The Kier molecular flexibility index (Phi) is 6.53. The number of benzene rings is 1. The number of anilines is 2. The Morgan fingerprint density at radius 3 is 2.96 bits per heavy atom. The van der Waals surface area contributed by atoms with E-state index in [0.717, 1.165) is 46.7 Å². The van der Waals surface area contributed by atoms with Crippen LogP contribution in [0.1, 0.15) is 12.8 Å². The van der Waals surface area contributed by atoms with E-state index in [9.17, 15) is 4.79 Å². The molecular formula is C18H19N5O2S3. The average molecular weight is 434 g/mol. The minimum absolute atomic E-state index is 0.108. The van der Waals surface area contributed by atoms with Crippen LogP contribution in [0.25, 0.3) is 11.3 Å². The molecule has 0 spiro atoms. The molecule has 1 aromatic carbocycles. The Morgan fingerprint density at radius 2 is 2.14 bits per heavy atom. The fourth-order valence-electron chi connectivity index (χ4n) is 2.70. The number of thiazole rings is 1. The average Bonchev–Trinajstić information content (AvgIpc) is 3.47. The highest BCUT2D eigenvalue weighted by molar-refractivity contribution is 8.01. The van der Waals surface area contributed by atoms with E-state index in [1.165, 1.54) is 34.4 Å². The van der Waals surface area contributed by atoms with Crippen LogP contribution < -0.4 is 10.6 Å². The fraction of sp³-hybridized carbons (Fsp3) is 0.333. The maximum Gasteiger partial charge on any atom is 0.236 e. The molecule has 3 aromatic rings. The molecule has 3 heterocycles. The molecule has 10 heteroatoms. The fourth-order valence-corrected chi connectivity index (χ4v) is 5.00. The van der Waals surface area contributed by atoms with Crippen LogP contribution in [0, 0.1) is 0 Å². The summed E-state index contributed by atoms with van der Waals surface area (Å²) >= 11 is 4.23. The SMILES string of the molecule is O=C(CSc1nnc(NC[C@@H]2CCCO2)s1)Nc1nc(-c2ccccc2)cs1. The first-order valence-corrected chi connectivity index (χ1v) is 11.6. The van der Waals surface area contributed by atoms with Crippen LogP contribution in [0.15, 0.2) is 40.1 Å². The summed E-state index contributed by atoms with van der Waals surface area (Å²) in [6.45, 7) is 1.58. The molecule has 0 saturated carbocycles. The number of amides is 1. The topological polar surface area (TPSA) is 89.0 Å². The highest BCUT2D eigenvalue weighted by Gasteiger charge is 2.16. The van der Waals surface area contributed by atoms with Gasteiger partial charge in [-0.2, -0.15) is 0 Å². The minimum Gasteiger partial charge on any atom is -0.376 e. The van der Waals surface area contributed by atoms with Crippen molar-refractivity contribution in [3.8, 4) is 11.3 Å². The third-order valence-corrected chi connectivity index (χ3v) is 6.83. The number of rotatable bonds is 8. The molecule has 0 radical (unpaired) electrons. The van der Waals surface area contributed by atoms with Gasteiger partial charge in [0.2, 0.25) is 11.0 Å². The van der Waals surface area contributed by atoms with Gasteiger partial charge in [0.05, 0.1) is 17.6 Å². The van der Waals surface area contributed by atoms with E-state index in [2.05, 4.69) is 25.8 Å². The van der Waals surface area contributed by atoms with Gasteiger partial charge in [0.25, 0.3) is 0 Å². The lowest BCUT2D eigenvalue weighted by Crippen LogP contribution is -2.18. The highest BCUT2D eigenvalue weighted by Crippen LogP contribution is 2.27. The highest BCUT2D eigenvalue weighted by atomic mass is 32.2. The van der Waals surface area contributed by atoms with Crippen molar-refractivity contribution in [3.05, 3.63) is 35.7 Å². The van der Waals surface area contributed by atoms with Crippen molar-refractivity contribution < 1.29 is 9.53 Å². The molecule has 0 bridgehead atoms. The number of carbonyl (C=O) groups is 1. The second kappa shape index (κ2) is 9.46. The largest absolute Gasteiger partial charge is 0.376 e. The van der Waals surface area contributed by atoms with Crippen LogP contribution in [-0.2, 0) is 9.53 Å². The van der Waals surface area contributed by atoms with E-state index in [4.69, 9.17) is 4.74 Å². The van der Waals surface area contributed by atoms with Crippen LogP contribution in [0.3, 0.4) is 0 Å². The van der Waals surface area contributed by atoms with Crippen LogP contribution in [0.5, 0.6) is 0 Å². The summed E-state index contributed by atoms with van der Waals surface area (Å²) < 4.78 is 6.34. The molecule has 1 aliphatic rings. The van der Waals surface area contributed by atoms with Gasteiger partial charge < -0.3 is 15.4 Å². The first kappa shape index (κ1) is 19.3. The zero-order chi connectivity index (χ0) is 19.2. The maximum atomic E-state index is 12.2. The summed E-state index contributed by atoms with van der Waals surface area (Å²) in [4.78, 5) is 16.7. The Morgan fingerprint density at radius 1 is 1.25 bits per heavy atom. The van der Waals surface area contributed by atoms with E-state index in [-0.39, 0.29) is 17.8 Å². The Hall–Kier alpha value is -2.01. The lowest BCUT2D eigenvalue weighted by atomic mass is 10.2. The lowest BCUT2D eigenvalue weighted by Gasteiger charge is -2.08. The smallest absolute Gasteiger partial charge is 0.236 e. The van der Waals surface area contributed by atoms with E-state index < -0.39 is 0 Å². The third kappa shape index (κ3) is 5.28. The van der Waals surface area contributed by atoms with Gasteiger partial charge in [-0.05, 0) is 12.8 Å². The summed E-state index contributed by atoms with van der Waals surface area (Å²) in [5.41, 5.74) is 1.89. The van der Waals surface area contributed by atoms with E-state index in [1.54, 1.807) is 0 Å². The molecule has 0 aliphatic carbocycles. The maximum absolute atomic E-state index is 12.2. The summed E-state index contributed by atoms with van der Waals surface area (Å²) in [5.74, 6) is 0.156. The van der Waals surface area contributed by atoms with Crippen molar-refractivity contribution in [2.24, 2.45) is 0 Å². The zero-order valence-corrected chi connectivity index (χ0v) is 17.4. The molecule has 1 amide bonds. The molecule has 146 valence electrons. The predicted molar refractivity (Wildman–Crippen MR) is 114 cm³/mol. The zero-order valence-electron chi connectivity index (χ0n) is 15.0. The van der Waals surface area contributed by atoms with E-state index in [0.29, 0.717) is 5.13 Å². The molecule has 2 N–H and O–H groups in total. The van der Waals surface area contributed by atoms with Gasteiger partial charge in [-0.3, -0.25) is 4.79 Å². The Balaban J connectivity index is 1.23. The first-order chi connectivity index (χ1) is 13.8. The number of nitrogens with zero attached hydrogens (tertiary/aromatic N) is 3. The normalized spacial score (nSPS) is 16.2. The van der Waals surface area contributed by atoms with Crippen molar-refractivity contribution in [1.82, 2.24) is 15.2 Å². The number of nitrogens with one attached hydrogen (secondary N) is 2. The molecule has 7 nitrogen and oxygen atoms in total. The van der Waals surface area contributed by atoms with Gasteiger partial charge in [0.15, 0.2) is 9.47 Å². The van der Waals surface area contributed by atoms with Crippen molar-refractivity contribution in [3.63, 3.8) is 0 Å².